The van der Waals surface area contributed by atoms with Gasteiger partial charge in [-0.3, -0.25) is 4.79 Å². The fraction of sp³-hybridized carbons (Fsp3) is 0.143. The number of oxime groups is 1. The molecule has 0 aliphatic carbocycles. The van der Waals surface area contributed by atoms with Crippen molar-refractivity contribution in [2.45, 2.75) is 0 Å². The van der Waals surface area contributed by atoms with Crippen LogP contribution in [0.1, 0.15) is 5.82 Å². The van der Waals surface area contributed by atoms with E-state index in [1.54, 1.807) is 0 Å². The number of hydrogen-bond donors (Lipinski definition) is 1. The van der Waals surface area contributed by atoms with Gasteiger partial charge >= 0.3 is 0 Å². The molecule has 0 aromatic carbocycles. The van der Waals surface area contributed by atoms with Gasteiger partial charge in [-0.15, -0.1) is 0 Å². The molecule has 8 heteroatoms. The minimum Gasteiger partial charge on any atom is -0.391 e. The summed E-state index contributed by atoms with van der Waals surface area (Å²) in [6, 6.07) is 0. The van der Waals surface area contributed by atoms with Gasteiger partial charge in [0, 0.05) is 11.5 Å². The molecule has 1 heterocycles. The molecule has 0 amide bonds. The summed E-state index contributed by atoms with van der Waals surface area (Å²) in [5.41, 5.74) is 5.18. The topological polar surface area (TPSA) is 90.5 Å². The number of hydrogen-bond acceptors (Lipinski definition) is 7. The Morgan fingerprint density at radius 1 is 1.80 bits per heavy atom. The molecular formula is C7H7ClN4O2S. The highest BCUT2D eigenvalue weighted by atomic mass is 35.5. The van der Waals surface area contributed by atoms with Crippen LogP contribution in [0.25, 0.3) is 0 Å². The van der Waals surface area contributed by atoms with Crippen molar-refractivity contribution < 1.29 is 9.63 Å². The third-order valence-electron chi connectivity index (χ3n) is 1.19. The van der Waals surface area contributed by atoms with E-state index in [4.69, 9.17) is 22.2 Å². The van der Waals surface area contributed by atoms with Crippen LogP contribution in [0.3, 0.4) is 0 Å². The predicted octanol–water partition coefficient (Wildman–Crippen LogP) is 0.792. The number of rotatable bonds is 5. The lowest BCUT2D eigenvalue weighted by Crippen LogP contribution is -2.12. The van der Waals surface area contributed by atoms with Gasteiger partial charge in [0.15, 0.2) is 5.13 Å². The molecule has 0 atom stereocenters. The molecule has 0 saturated carbocycles. The first-order valence-electron chi connectivity index (χ1n) is 3.75. The van der Waals surface area contributed by atoms with E-state index in [0.717, 1.165) is 11.5 Å². The Balaban J connectivity index is 2.87. The minimum atomic E-state index is -0.808. The number of halogens is 1. The van der Waals surface area contributed by atoms with E-state index in [0.29, 0.717) is 0 Å². The molecular weight excluding hydrogens is 240 g/mol. The lowest BCUT2D eigenvalue weighted by Gasteiger charge is -1.95. The van der Waals surface area contributed by atoms with Crippen LogP contribution < -0.4 is 5.73 Å². The quantitative estimate of drug-likeness (QED) is 0.273. The standard InChI is InChI=1S/C7H7ClN4O2S/c1-2-3-14-11-4(5(8)13)6-10-7(9)15-12-6/h2H,1,3H2,(H2,9,10,12)/b11-4-. The van der Waals surface area contributed by atoms with E-state index in [-0.39, 0.29) is 23.3 Å². The summed E-state index contributed by atoms with van der Waals surface area (Å²) in [4.78, 5) is 19.4. The maximum absolute atomic E-state index is 11.0. The van der Waals surface area contributed by atoms with Gasteiger partial charge in [0.2, 0.25) is 11.5 Å². The number of nitrogens with two attached hydrogens (primary N) is 1. The smallest absolute Gasteiger partial charge is 0.278 e. The molecule has 0 saturated heterocycles. The average Bonchev–Trinajstić information content (AvgIpc) is 2.59. The van der Waals surface area contributed by atoms with Crippen molar-refractivity contribution in [3.63, 3.8) is 0 Å². The zero-order valence-corrected chi connectivity index (χ0v) is 9.09. The van der Waals surface area contributed by atoms with Crippen molar-refractivity contribution in [2.75, 3.05) is 12.3 Å². The molecule has 0 bridgehead atoms. The van der Waals surface area contributed by atoms with Gasteiger partial charge in [-0.25, -0.2) is 0 Å². The van der Waals surface area contributed by atoms with Crippen LogP contribution in [-0.4, -0.2) is 26.9 Å². The predicted molar refractivity (Wildman–Crippen MR) is 57.9 cm³/mol. The van der Waals surface area contributed by atoms with Gasteiger partial charge < -0.3 is 10.6 Å². The van der Waals surface area contributed by atoms with Gasteiger partial charge in [0.05, 0.1) is 0 Å². The van der Waals surface area contributed by atoms with E-state index in [9.17, 15) is 4.79 Å². The first-order valence-corrected chi connectivity index (χ1v) is 4.90. The monoisotopic (exact) mass is 246 g/mol. The number of nitrogens with zero attached hydrogens (tertiary/aromatic N) is 3. The molecule has 2 N–H and O–H groups in total. The summed E-state index contributed by atoms with van der Waals surface area (Å²) in [6.07, 6.45) is 1.47. The van der Waals surface area contributed by atoms with Crippen LogP contribution in [-0.2, 0) is 9.63 Å². The van der Waals surface area contributed by atoms with Crippen molar-refractivity contribution in [1.82, 2.24) is 9.36 Å². The zero-order valence-electron chi connectivity index (χ0n) is 7.51. The van der Waals surface area contributed by atoms with Crippen molar-refractivity contribution in [2.24, 2.45) is 5.16 Å². The van der Waals surface area contributed by atoms with Crippen LogP contribution >= 0.6 is 23.1 Å². The lowest BCUT2D eigenvalue weighted by atomic mass is 10.4. The Bertz CT molecular complexity index is 403. The Hall–Kier alpha value is -1.47. The second-order valence-electron chi connectivity index (χ2n) is 2.25. The van der Waals surface area contributed by atoms with Crippen molar-refractivity contribution in [1.29, 1.82) is 0 Å². The number of aromatic nitrogens is 2. The molecule has 0 radical (unpaired) electrons. The number of carbonyl (C=O) groups is 1. The SMILES string of the molecule is C=CCO/N=C(/C(=O)Cl)c1nsc(N)n1. The van der Waals surface area contributed by atoms with E-state index in [2.05, 4.69) is 21.1 Å². The molecule has 80 valence electrons. The van der Waals surface area contributed by atoms with Gasteiger partial charge in [-0.1, -0.05) is 17.8 Å². The van der Waals surface area contributed by atoms with E-state index >= 15 is 0 Å². The number of carbonyl (C=O) groups excluding carboxylic acids is 1. The average molecular weight is 247 g/mol. The normalized spacial score (nSPS) is 11.1. The summed E-state index contributed by atoms with van der Waals surface area (Å²) in [5, 5.41) is 2.90. The van der Waals surface area contributed by atoms with Gasteiger partial charge in [-0.2, -0.15) is 9.36 Å². The van der Waals surface area contributed by atoms with Crippen LogP contribution in [0.4, 0.5) is 5.13 Å². The molecule has 15 heavy (non-hydrogen) atoms. The summed E-state index contributed by atoms with van der Waals surface area (Å²) in [5.74, 6) is 0.0570. The lowest BCUT2D eigenvalue weighted by molar-refractivity contribution is -0.106. The van der Waals surface area contributed by atoms with E-state index < -0.39 is 5.24 Å². The van der Waals surface area contributed by atoms with Gasteiger partial charge in [0.1, 0.15) is 6.61 Å². The molecule has 0 unspecified atom stereocenters. The highest BCUT2D eigenvalue weighted by Gasteiger charge is 2.17. The maximum Gasteiger partial charge on any atom is 0.278 e. The van der Waals surface area contributed by atoms with Gasteiger partial charge in [0.25, 0.3) is 5.24 Å². The largest absolute Gasteiger partial charge is 0.391 e. The summed E-state index contributed by atoms with van der Waals surface area (Å²) < 4.78 is 3.78. The van der Waals surface area contributed by atoms with E-state index in [1.807, 2.05) is 0 Å². The highest BCUT2D eigenvalue weighted by Crippen LogP contribution is 2.08. The minimum absolute atomic E-state index is 0.0570. The fourth-order valence-corrected chi connectivity index (χ4v) is 1.20. The molecule has 6 nitrogen and oxygen atoms in total. The molecule has 1 aromatic rings. The fourth-order valence-electron chi connectivity index (χ4n) is 0.651. The Kier molecular flexibility index (Phi) is 4.19. The molecule has 0 aliphatic rings. The molecule has 1 aromatic heterocycles. The molecule has 0 spiro atoms. The maximum atomic E-state index is 11.0. The summed E-state index contributed by atoms with van der Waals surface area (Å²) in [6.45, 7) is 3.58. The summed E-state index contributed by atoms with van der Waals surface area (Å²) in [7, 11) is 0. The Labute approximate surface area is 94.6 Å². The van der Waals surface area contributed by atoms with Crippen LogP contribution in [0.15, 0.2) is 17.8 Å². The van der Waals surface area contributed by atoms with Crippen LogP contribution in [0.2, 0.25) is 0 Å². The number of nitrogen functional groups attached to an aromatic ring is 1. The molecule has 0 fully saturated rings. The van der Waals surface area contributed by atoms with Crippen LogP contribution in [0, 0.1) is 0 Å². The van der Waals surface area contributed by atoms with Crippen molar-refractivity contribution in [3.05, 3.63) is 18.5 Å². The molecule has 1 rings (SSSR count). The Morgan fingerprint density at radius 2 is 2.53 bits per heavy atom. The first kappa shape index (κ1) is 11.6. The first-order chi connectivity index (χ1) is 7.15. The number of anilines is 1. The van der Waals surface area contributed by atoms with Crippen molar-refractivity contribution in [3.8, 4) is 0 Å². The summed E-state index contributed by atoms with van der Waals surface area (Å²) >= 11 is 6.21. The zero-order chi connectivity index (χ0) is 11.3. The third kappa shape index (κ3) is 3.30. The third-order valence-corrected chi connectivity index (χ3v) is 1.91. The highest BCUT2D eigenvalue weighted by molar-refractivity contribution is 7.09. The Morgan fingerprint density at radius 3 is 3.00 bits per heavy atom. The molecule has 0 aliphatic heterocycles. The van der Waals surface area contributed by atoms with Crippen LogP contribution in [0.5, 0.6) is 0 Å². The van der Waals surface area contributed by atoms with Gasteiger partial charge in [-0.05, 0) is 11.6 Å². The van der Waals surface area contributed by atoms with E-state index in [1.165, 1.54) is 6.08 Å². The van der Waals surface area contributed by atoms with Crippen molar-refractivity contribution >= 4 is 39.2 Å². The second-order valence-corrected chi connectivity index (χ2v) is 3.38. The second kappa shape index (κ2) is 5.42.